The molecular formula is C27H33N7O2. The molecule has 9 nitrogen and oxygen atoms in total. The van der Waals surface area contributed by atoms with Crippen LogP contribution in [0, 0.1) is 5.41 Å². The molecule has 2 aliphatic rings. The third kappa shape index (κ3) is 5.11. The number of nitrogens with zero attached hydrogens (tertiary/aromatic N) is 5. The number of aliphatic hydroxyl groups is 1. The molecule has 5 rings (SSSR count). The van der Waals surface area contributed by atoms with Crippen LogP contribution in [0.2, 0.25) is 0 Å². The van der Waals surface area contributed by atoms with Crippen molar-refractivity contribution >= 4 is 23.0 Å². The highest BCUT2D eigenvalue weighted by Gasteiger charge is 2.40. The Morgan fingerprint density at radius 2 is 1.67 bits per heavy atom. The molecule has 188 valence electrons. The van der Waals surface area contributed by atoms with Crippen molar-refractivity contribution in [3.05, 3.63) is 65.7 Å². The monoisotopic (exact) mass is 487 g/mol. The SMILES string of the molecule is CC1(Oc2ccc(N)c(C(=N)c3cc(N4CCN(c5cc(C(C)(C)O)ccn5)CC4)ncn3)c2)CC1. The van der Waals surface area contributed by atoms with E-state index in [9.17, 15) is 5.11 Å². The van der Waals surface area contributed by atoms with Crippen molar-refractivity contribution in [2.75, 3.05) is 41.7 Å². The zero-order chi connectivity index (χ0) is 25.5. The van der Waals surface area contributed by atoms with Crippen LogP contribution in [0.15, 0.2) is 48.9 Å². The number of nitrogens with two attached hydrogens (primary N) is 1. The number of pyridine rings is 1. The van der Waals surface area contributed by atoms with Crippen molar-refractivity contribution in [2.45, 2.75) is 44.8 Å². The van der Waals surface area contributed by atoms with E-state index in [1.807, 2.05) is 30.3 Å². The van der Waals surface area contributed by atoms with Gasteiger partial charge in [0.15, 0.2) is 0 Å². The van der Waals surface area contributed by atoms with E-state index in [0.717, 1.165) is 62.0 Å². The standard InChI is InChI=1S/C27H33N7O2/c1-26(2,35)18-6-9-30-23(14-18)33-10-12-34(13-11-33)24-16-22(31-17-32-24)25(29)20-15-19(4-5-21(20)28)36-27(3)7-8-27/h4-6,9,14-17,29,35H,7-8,10-13,28H2,1-3H3. The fourth-order valence-electron chi connectivity index (χ4n) is 4.31. The lowest BCUT2D eigenvalue weighted by atomic mass is 9.99. The van der Waals surface area contributed by atoms with E-state index in [-0.39, 0.29) is 11.3 Å². The summed E-state index contributed by atoms with van der Waals surface area (Å²) >= 11 is 0. The minimum Gasteiger partial charge on any atom is -0.488 e. The number of piperazine rings is 1. The van der Waals surface area contributed by atoms with Gasteiger partial charge in [-0.25, -0.2) is 15.0 Å². The molecule has 9 heteroatoms. The zero-order valence-electron chi connectivity index (χ0n) is 21.0. The molecule has 3 aromatic rings. The summed E-state index contributed by atoms with van der Waals surface area (Å²) in [6.45, 7) is 8.68. The smallest absolute Gasteiger partial charge is 0.132 e. The van der Waals surface area contributed by atoms with E-state index in [4.69, 9.17) is 15.9 Å². The third-order valence-corrected chi connectivity index (χ3v) is 6.90. The van der Waals surface area contributed by atoms with E-state index in [1.54, 1.807) is 26.1 Å². The van der Waals surface area contributed by atoms with Crippen molar-refractivity contribution < 1.29 is 9.84 Å². The summed E-state index contributed by atoms with van der Waals surface area (Å²) in [5.74, 6) is 2.35. The number of anilines is 3. The maximum atomic E-state index is 10.3. The van der Waals surface area contributed by atoms with Crippen LogP contribution in [0.1, 0.15) is 50.4 Å². The van der Waals surface area contributed by atoms with Crippen LogP contribution in [0.5, 0.6) is 5.75 Å². The summed E-state index contributed by atoms with van der Waals surface area (Å²) in [5, 5.41) is 19.1. The maximum Gasteiger partial charge on any atom is 0.132 e. The molecule has 0 bridgehead atoms. The van der Waals surface area contributed by atoms with E-state index in [2.05, 4.69) is 31.7 Å². The second-order valence-electron chi connectivity index (χ2n) is 10.4. The van der Waals surface area contributed by atoms with Crippen molar-refractivity contribution in [3.63, 3.8) is 0 Å². The number of hydrogen-bond donors (Lipinski definition) is 3. The van der Waals surface area contributed by atoms with Crippen LogP contribution < -0.4 is 20.3 Å². The Hall–Kier alpha value is -3.72. The molecule has 1 aliphatic heterocycles. The Labute approximate surface area is 211 Å². The molecule has 0 radical (unpaired) electrons. The zero-order valence-corrected chi connectivity index (χ0v) is 21.0. The highest BCUT2D eigenvalue weighted by molar-refractivity contribution is 6.13. The van der Waals surface area contributed by atoms with Crippen molar-refractivity contribution in [1.29, 1.82) is 5.41 Å². The first-order chi connectivity index (χ1) is 17.1. The minimum atomic E-state index is -0.910. The number of rotatable bonds is 7. The van der Waals surface area contributed by atoms with Gasteiger partial charge in [-0.15, -0.1) is 0 Å². The van der Waals surface area contributed by atoms with E-state index in [1.165, 1.54) is 6.33 Å². The summed E-state index contributed by atoms with van der Waals surface area (Å²) in [6.07, 6.45) is 5.32. The van der Waals surface area contributed by atoms with Gasteiger partial charge in [-0.2, -0.15) is 0 Å². The lowest BCUT2D eigenvalue weighted by molar-refractivity contribution is 0.0785. The summed E-state index contributed by atoms with van der Waals surface area (Å²) in [7, 11) is 0. The number of aromatic nitrogens is 3. The predicted molar refractivity (Wildman–Crippen MR) is 141 cm³/mol. The topological polar surface area (TPSA) is 124 Å². The molecule has 0 amide bonds. The van der Waals surface area contributed by atoms with Gasteiger partial charge in [0, 0.05) is 49.7 Å². The quantitative estimate of drug-likeness (QED) is 0.342. The first kappa shape index (κ1) is 24.0. The molecule has 1 aliphatic carbocycles. The Morgan fingerprint density at radius 3 is 2.31 bits per heavy atom. The number of nitrogens with one attached hydrogen (secondary N) is 1. The van der Waals surface area contributed by atoms with Gasteiger partial charge in [0.25, 0.3) is 0 Å². The molecule has 2 aromatic heterocycles. The molecule has 1 aromatic carbocycles. The molecule has 1 saturated heterocycles. The molecule has 0 spiro atoms. The Morgan fingerprint density at radius 1 is 1.00 bits per heavy atom. The number of benzene rings is 1. The number of nitrogen functional groups attached to an aromatic ring is 1. The number of ether oxygens (including phenoxy) is 1. The Balaban J connectivity index is 1.29. The second-order valence-corrected chi connectivity index (χ2v) is 10.4. The molecule has 36 heavy (non-hydrogen) atoms. The Kier molecular flexibility index (Phi) is 6.04. The van der Waals surface area contributed by atoms with Gasteiger partial charge < -0.3 is 25.4 Å². The van der Waals surface area contributed by atoms with Gasteiger partial charge in [-0.1, -0.05) is 0 Å². The molecular weight excluding hydrogens is 454 g/mol. The van der Waals surface area contributed by atoms with Gasteiger partial charge in [0.2, 0.25) is 0 Å². The van der Waals surface area contributed by atoms with Gasteiger partial charge in [-0.3, -0.25) is 5.41 Å². The van der Waals surface area contributed by atoms with Crippen LogP contribution in [0.25, 0.3) is 0 Å². The largest absolute Gasteiger partial charge is 0.488 e. The van der Waals surface area contributed by atoms with Gasteiger partial charge in [-0.05, 0) is 69.5 Å². The van der Waals surface area contributed by atoms with Crippen LogP contribution >= 0.6 is 0 Å². The van der Waals surface area contributed by atoms with E-state index in [0.29, 0.717) is 16.9 Å². The fraction of sp³-hybridized carbons (Fsp3) is 0.407. The highest BCUT2D eigenvalue weighted by Crippen LogP contribution is 2.40. The third-order valence-electron chi connectivity index (χ3n) is 6.90. The van der Waals surface area contributed by atoms with Gasteiger partial charge in [0.05, 0.1) is 17.0 Å². The van der Waals surface area contributed by atoms with Crippen LogP contribution in [0.4, 0.5) is 17.3 Å². The van der Waals surface area contributed by atoms with Crippen molar-refractivity contribution in [2.24, 2.45) is 0 Å². The van der Waals surface area contributed by atoms with Crippen molar-refractivity contribution in [1.82, 2.24) is 15.0 Å². The lowest BCUT2D eigenvalue weighted by Crippen LogP contribution is -2.47. The molecule has 0 unspecified atom stereocenters. The number of hydrogen-bond acceptors (Lipinski definition) is 9. The van der Waals surface area contributed by atoms with E-state index < -0.39 is 5.60 Å². The highest BCUT2D eigenvalue weighted by atomic mass is 16.5. The Bertz CT molecular complexity index is 1280. The summed E-state index contributed by atoms with van der Waals surface area (Å²) in [5.41, 5.74) is 7.92. The van der Waals surface area contributed by atoms with Crippen molar-refractivity contribution in [3.8, 4) is 5.75 Å². The predicted octanol–water partition coefficient (Wildman–Crippen LogP) is 3.36. The molecule has 4 N–H and O–H groups in total. The average Bonchev–Trinajstić information content (AvgIpc) is 3.61. The molecule has 2 fully saturated rings. The first-order valence-electron chi connectivity index (χ1n) is 12.3. The average molecular weight is 488 g/mol. The summed E-state index contributed by atoms with van der Waals surface area (Å²) in [4.78, 5) is 17.7. The summed E-state index contributed by atoms with van der Waals surface area (Å²) < 4.78 is 6.07. The lowest BCUT2D eigenvalue weighted by Gasteiger charge is -2.36. The van der Waals surface area contributed by atoms with Crippen LogP contribution in [-0.2, 0) is 5.60 Å². The van der Waals surface area contributed by atoms with Crippen LogP contribution in [-0.4, -0.2) is 57.6 Å². The maximum absolute atomic E-state index is 10.3. The van der Waals surface area contributed by atoms with E-state index >= 15 is 0 Å². The first-order valence-corrected chi connectivity index (χ1v) is 12.3. The molecule has 0 atom stereocenters. The minimum absolute atomic E-state index is 0.106. The van der Waals surface area contributed by atoms with Crippen LogP contribution in [0.3, 0.4) is 0 Å². The second kappa shape index (κ2) is 9.05. The summed E-state index contributed by atoms with van der Waals surface area (Å²) in [6, 6.07) is 11.1. The van der Waals surface area contributed by atoms with Gasteiger partial charge >= 0.3 is 0 Å². The molecule has 3 heterocycles. The van der Waals surface area contributed by atoms with Gasteiger partial charge in [0.1, 0.15) is 29.3 Å². The fourth-order valence-corrected chi connectivity index (χ4v) is 4.31. The molecule has 1 saturated carbocycles. The normalized spacial score (nSPS) is 17.1.